The molecule has 0 aliphatic carbocycles. The highest BCUT2D eigenvalue weighted by Gasteiger charge is 2.22. The van der Waals surface area contributed by atoms with E-state index in [0.29, 0.717) is 6.04 Å². The van der Waals surface area contributed by atoms with Crippen LogP contribution in [-0.4, -0.2) is 43.2 Å². The van der Waals surface area contributed by atoms with Crippen molar-refractivity contribution in [2.24, 2.45) is 0 Å². The molecule has 1 N–H and O–H groups in total. The molecule has 6 heteroatoms. The van der Waals surface area contributed by atoms with Crippen molar-refractivity contribution >= 4 is 11.3 Å². The normalized spacial score (nSPS) is 18.3. The fourth-order valence-electron chi connectivity index (χ4n) is 2.93. The predicted molar refractivity (Wildman–Crippen MR) is 92.2 cm³/mol. The Morgan fingerprint density at radius 1 is 1.26 bits per heavy atom. The quantitative estimate of drug-likeness (QED) is 0.844. The molecule has 1 fully saturated rings. The molecule has 1 aromatic carbocycles. The first-order valence-electron chi connectivity index (χ1n) is 7.81. The molecule has 5 nitrogen and oxygen atoms in total. The van der Waals surface area contributed by atoms with E-state index in [2.05, 4.69) is 32.7 Å². The average Bonchev–Trinajstić information content (AvgIpc) is 3.24. The minimum Gasteiger partial charge on any atom is -0.497 e. The number of nitrogens with one attached hydrogen (secondary N) is 1. The number of rotatable bonds is 7. The van der Waals surface area contributed by atoms with Crippen molar-refractivity contribution in [3.63, 3.8) is 0 Å². The molecule has 0 spiro atoms. The summed E-state index contributed by atoms with van der Waals surface area (Å²) in [6, 6.07) is 6.60. The Kier molecular flexibility index (Phi) is 5.48. The summed E-state index contributed by atoms with van der Waals surface area (Å²) in [6.07, 6.45) is 1.17. The van der Waals surface area contributed by atoms with Crippen LogP contribution in [0.2, 0.25) is 0 Å². The minimum atomic E-state index is 0.532. The highest BCUT2D eigenvalue weighted by Crippen LogP contribution is 2.24. The van der Waals surface area contributed by atoms with Crippen LogP contribution in [0.5, 0.6) is 11.5 Å². The molecule has 1 atom stereocenters. The van der Waals surface area contributed by atoms with Crippen molar-refractivity contribution in [2.45, 2.75) is 25.6 Å². The fraction of sp³-hybridized carbons (Fsp3) is 0.471. The van der Waals surface area contributed by atoms with Crippen LogP contribution >= 0.6 is 11.3 Å². The number of nitrogens with zero attached hydrogens (tertiary/aromatic N) is 2. The van der Waals surface area contributed by atoms with Crippen LogP contribution in [0.25, 0.3) is 0 Å². The van der Waals surface area contributed by atoms with Gasteiger partial charge >= 0.3 is 0 Å². The third-order valence-corrected chi connectivity index (χ3v) is 4.78. The molecular weight excluding hydrogens is 310 g/mol. The molecule has 0 unspecified atom stereocenters. The summed E-state index contributed by atoms with van der Waals surface area (Å²) in [5.41, 5.74) is 4.24. The molecule has 3 rings (SSSR count). The summed E-state index contributed by atoms with van der Waals surface area (Å²) < 4.78 is 10.7. The molecule has 2 heterocycles. The Labute approximate surface area is 141 Å². The van der Waals surface area contributed by atoms with Gasteiger partial charge in [-0.1, -0.05) is 0 Å². The fourth-order valence-corrected chi connectivity index (χ4v) is 3.49. The zero-order valence-corrected chi connectivity index (χ0v) is 14.4. The van der Waals surface area contributed by atoms with Crippen molar-refractivity contribution in [1.82, 2.24) is 15.2 Å². The maximum absolute atomic E-state index is 5.35. The standard InChI is InChI=1S/C17H23N3O2S/c1-21-16-5-13(6-17(7-16)22-2)9-20-4-3-14(10-20)18-8-15-11-23-12-19-15/h5-7,11-12,14,18H,3-4,8-10H2,1-2H3/t14-/m0/s1. The van der Waals surface area contributed by atoms with Crippen molar-refractivity contribution in [2.75, 3.05) is 27.3 Å². The number of benzene rings is 1. The third-order valence-electron chi connectivity index (χ3n) is 4.15. The first-order chi connectivity index (χ1) is 11.3. The van der Waals surface area contributed by atoms with Crippen LogP contribution < -0.4 is 14.8 Å². The van der Waals surface area contributed by atoms with Crippen molar-refractivity contribution in [1.29, 1.82) is 0 Å². The molecule has 0 radical (unpaired) electrons. The van der Waals surface area contributed by atoms with E-state index in [1.807, 2.05) is 11.6 Å². The highest BCUT2D eigenvalue weighted by molar-refractivity contribution is 7.07. The molecule has 1 aromatic heterocycles. The van der Waals surface area contributed by atoms with Crippen molar-refractivity contribution in [3.8, 4) is 11.5 Å². The van der Waals surface area contributed by atoms with Gasteiger partial charge in [0.1, 0.15) is 11.5 Å². The monoisotopic (exact) mass is 333 g/mol. The number of hydrogen-bond donors (Lipinski definition) is 1. The smallest absolute Gasteiger partial charge is 0.122 e. The van der Waals surface area contributed by atoms with Crippen molar-refractivity contribution < 1.29 is 9.47 Å². The molecule has 2 aromatic rings. The van der Waals surface area contributed by atoms with Crippen LogP contribution in [0.1, 0.15) is 17.7 Å². The summed E-state index contributed by atoms with van der Waals surface area (Å²) in [5, 5.41) is 5.70. The molecule has 1 aliphatic rings. The lowest BCUT2D eigenvalue weighted by Gasteiger charge is -2.17. The van der Waals surface area contributed by atoms with Gasteiger partial charge in [0, 0.05) is 43.7 Å². The van der Waals surface area contributed by atoms with Gasteiger partial charge in [-0.05, 0) is 24.1 Å². The van der Waals surface area contributed by atoms with E-state index in [9.17, 15) is 0 Å². The van der Waals surface area contributed by atoms with Gasteiger partial charge < -0.3 is 14.8 Å². The number of aromatic nitrogens is 1. The summed E-state index contributed by atoms with van der Waals surface area (Å²) in [5.74, 6) is 1.69. The second-order valence-corrected chi connectivity index (χ2v) is 6.52. The van der Waals surface area contributed by atoms with Crippen LogP contribution in [0.15, 0.2) is 29.1 Å². The van der Waals surface area contributed by atoms with Gasteiger partial charge in [0.25, 0.3) is 0 Å². The van der Waals surface area contributed by atoms with Gasteiger partial charge in [0.2, 0.25) is 0 Å². The summed E-state index contributed by atoms with van der Waals surface area (Å²) in [6.45, 7) is 3.94. The molecule has 0 amide bonds. The first-order valence-corrected chi connectivity index (χ1v) is 8.76. The number of hydrogen-bond acceptors (Lipinski definition) is 6. The summed E-state index contributed by atoms with van der Waals surface area (Å²) in [7, 11) is 3.37. The topological polar surface area (TPSA) is 46.6 Å². The maximum Gasteiger partial charge on any atom is 0.122 e. The largest absolute Gasteiger partial charge is 0.497 e. The van der Waals surface area contributed by atoms with E-state index in [-0.39, 0.29) is 0 Å². The second-order valence-electron chi connectivity index (χ2n) is 5.80. The molecular formula is C17H23N3O2S. The van der Waals surface area contributed by atoms with Crippen LogP contribution in [0.4, 0.5) is 0 Å². The van der Waals surface area contributed by atoms with Crippen LogP contribution in [-0.2, 0) is 13.1 Å². The molecule has 0 saturated carbocycles. The number of thiazole rings is 1. The van der Waals surface area contributed by atoms with Crippen molar-refractivity contribution in [3.05, 3.63) is 40.3 Å². The lowest BCUT2D eigenvalue weighted by molar-refractivity contribution is 0.317. The summed E-state index contributed by atoms with van der Waals surface area (Å²) in [4.78, 5) is 6.78. The Morgan fingerprint density at radius 2 is 2.04 bits per heavy atom. The van der Waals surface area contributed by atoms with Gasteiger partial charge in [-0.25, -0.2) is 4.98 Å². The first kappa shape index (κ1) is 16.2. The summed E-state index contributed by atoms with van der Waals surface area (Å²) >= 11 is 1.65. The number of ether oxygens (including phenoxy) is 2. The van der Waals surface area contributed by atoms with E-state index < -0.39 is 0 Å². The maximum atomic E-state index is 5.35. The number of methoxy groups -OCH3 is 2. The average molecular weight is 333 g/mol. The molecule has 1 saturated heterocycles. The molecule has 0 bridgehead atoms. The zero-order valence-electron chi connectivity index (χ0n) is 13.6. The van der Waals surface area contributed by atoms with E-state index in [1.54, 1.807) is 25.6 Å². The van der Waals surface area contributed by atoms with Crippen LogP contribution in [0.3, 0.4) is 0 Å². The SMILES string of the molecule is COc1cc(CN2CC[C@H](NCc3cscn3)C2)cc(OC)c1. The van der Waals surface area contributed by atoms with Gasteiger partial charge in [0.05, 0.1) is 25.4 Å². The Hall–Kier alpha value is -1.63. The van der Waals surface area contributed by atoms with E-state index in [1.165, 1.54) is 12.0 Å². The third kappa shape index (κ3) is 4.43. The minimum absolute atomic E-state index is 0.532. The highest BCUT2D eigenvalue weighted by atomic mass is 32.1. The Balaban J connectivity index is 1.53. The Morgan fingerprint density at radius 3 is 2.70 bits per heavy atom. The van der Waals surface area contributed by atoms with E-state index in [4.69, 9.17) is 9.47 Å². The molecule has 1 aliphatic heterocycles. The van der Waals surface area contributed by atoms with E-state index >= 15 is 0 Å². The predicted octanol–water partition coefficient (Wildman–Crippen LogP) is 2.52. The van der Waals surface area contributed by atoms with Gasteiger partial charge in [-0.2, -0.15) is 0 Å². The van der Waals surface area contributed by atoms with Gasteiger partial charge in [-0.15, -0.1) is 11.3 Å². The van der Waals surface area contributed by atoms with Gasteiger partial charge in [-0.3, -0.25) is 4.90 Å². The van der Waals surface area contributed by atoms with Crippen LogP contribution in [0, 0.1) is 0 Å². The zero-order chi connectivity index (χ0) is 16.1. The Bertz CT molecular complexity index is 596. The molecule has 23 heavy (non-hydrogen) atoms. The second kappa shape index (κ2) is 7.77. The number of likely N-dealkylation sites (tertiary alicyclic amines) is 1. The van der Waals surface area contributed by atoms with Gasteiger partial charge in [0.15, 0.2) is 0 Å². The van der Waals surface area contributed by atoms with E-state index in [0.717, 1.165) is 43.4 Å². The lowest BCUT2D eigenvalue weighted by Crippen LogP contribution is -2.32. The molecule has 124 valence electrons. The lowest BCUT2D eigenvalue weighted by atomic mass is 10.2.